The Labute approximate surface area is 129 Å². The molecule has 0 spiro atoms. The highest BCUT2D eigenvalue weighted by Gasteiger charge is 2.36. The summed E-state index contributed by atoms with van der Waals surface area (Å²) in [6.45, 7) is 9.02. The van der Waals surface area contributed by atoms with Gasteiger partial charge in [-0.15, -0.1) is 0 Å². The van der Waals surface area contributed by atoms with Gasteiger partial charge >= 0.3 is 5.69 Å². The van der Waals surface area contributed by atoms with Crippen LogP contribution in [0.1, 0.15) is 32.4 Å². The first-order chi connectivity index (χ1) is 10.2. The molecule has 0 amide bonds. The molecule has 0 bridgehead atoms. The minimum absolute atomic E-state index is 0.279. The zero-order valence-corrected chi connectivity index (χ0v) is 13.1. The number of benzene rings is 1. The van der Waals surface area contributed by atoms with Crippen LogP contribution in [-0.2, 0) is 0 Å². The molecule has 1 aromatic carbocycles. The van der Waals surface area contributed by atoms with Gasteiger partial charge < -0.3 is 10.4 Å². The molecule has 6 nitrogen and oxygen atoms in total. The van der Waals surface area contributed by atoms with Crippen LogP contribution in [0.4, 0.5) is 10.1 Å². The standard InChI is InChI=1S/C15H22FN3O3/c1-15(2,3)14(18-6-4-17-5-7-18)11-8-10(16)9-12(13(11)20)19(21)22/h8-9,14,17,20H,4-7H2,1-3H3/t14-/m1/s1. The highest BCUT2D eigenvalue weighted by atomic mass is 19.1. The number of phenolic OH excluding ortho intramolecular Hbond substituents is 1. The molecule has 1 aliphatic rings. The van der Waals surface area contributed by atoms with Crippen LogP contribution in [0.3, 0.4) is 0 Å². The van der Waals surface area contributed by atoms with E-state index in [1.165, 1.54) is 6.07 Å². The first-order valence-corrected chi connectivity index (χ1v) is 7.33. The maximum atomic E-state index is 13.8. The maximum Gasteiger partial charge on any atom is 0.313 e. The smallest absolute Gasteiger partial charge is 0.313 e. The Morgan fingerprint density at radius 1 is 1.36 bits per heavy atom. The Morgan fingerprint density at radius 3 is 2.45 bits per heavy atom. The van der Waals surface area contributed by atoms with E-state index >= 15 is 0 Å². The first kappa shape index (κ1) is 16.6. The third kappa shape index (κ3) is 3.36. The van der Waals surface area contributed by atoms with E-state index in [-0.39, 0.29) is 17.0 Å². The SMILES string of the molecule is CC(C)(C)[C@@H](c1cc(F)cc([N+](=O)[O-])c1O)N1CCNCC1. The monoisotopic (exact) mass is 311 g/mol. The van der Waals surface area contributed by atoms with Crippen molar-refractivity contribution in [2.75, 3.05) is 26.2 Å². The van der Waals surface area contributed by atoms with Crippen molar-refractivity contribution in [1.82, 2.24) is 10.2 Å². The maximum absolute atomic E-state index is 13.8. The molecular formula is C15H22FN3O3. The van der Waals surface area contributed by atoms with Crippen LogP contribution in [0, 0.1) is 21.3 Å². The van der Waals surface area contributed by atoms with E-state index in [2.05, 4.69) is 10.2 Å². The normalized spacial score (nSPS) is 18.2. The topological polar surface area (TPSA) is 78.6 Å². The fourth-order valence-electron chi connectivity index (χ4n) is 3.10. The molecule has 1 saturated heterocycles. The summed E-state index contributed by atoms with van der Waals surface area (Å²) in [5.41, 5.74) is -0.614. The molecular weight excluding hydrogens is 289 g/mol. The number of nitro benzene ring substituents is 1. The van der Waals surface area contributed by atoms with Gasteiger partial charge in [0.2, 0.25) is 0 Å². The van der Waals surface area contributed by atoms with E-state index in [0.29, 0.717) is 0 Å². The van der Waals surface area contributed by atoms with Crippen molar-refractivity contribution in [3.63, 3.8) is 0 Å². The Kier molecular flexibility index (Phi) is 4.67. The van der Waals surface area contributed by atoms with Crippen molar-refractivity contribution < 1.29 is 14.4 Å². The molecule has 2 N–H and O–H groups in total. The van der Waals surface area contributed by atoms with Crippen LogP contribution < -0.4 is 5.32 Å². The fraction of sp³-hybridized carbons (Fsp3) is 0.600. The minimum Gasteiger partial charge on any atom is -0.502 e. The third-order valence-electron chi connectivity index (χ3n) is 3.91. The molecule has 1 heterocycles. The number of rotatable bonds is 3. The third-order valence-corrected chi connectivity index (χ3v) is 3.91. The van der Waals surface area contributed by atoms with Crippen LogP contribution in [0.25, 0.3) is 0 Å². The molecule has 0 aliphatic carbocycles. The average molecular weight is 311 g/mol. The van der Waals surface area contributed by atoms with Gasteiger partial charge in [0.15, 0.2) is 5.75 Å². The van der Waals surface area contributed by atoms with Crippen molar-refractivity contribution in [3.05, 3.63) is 33.6 Å². The van der Waals surface area contributed by atoms with Crippen LogP contribution in [0.5, 0.6) is 5.75 Å². The molecule has 1 aliphatic heterocycles. The van der Waals surface area contributed by atoms with E-state index < -0.39 is 22.2 Å². The van der Waals surface area contributed by atoms with Gasteiger partial charge in [-0.1, -0.05) is 20.8 Å². The zero-order chi connectivity index (χ0) is 16.5. The number of halogens is 1. The van der Waals surface area contributed by atoms with Crippen LogP contribution in [-0.4, -0.2) is 41.1 Å². The van der Waals surface area contributed by atoms with Gasteiger partial charge in [-0.3, -0.25) is 15.0 Å². The number of nitrogens with one attached hydrogen (secondary N) is 1. The van der Waals surface area contributed by atoms with Crippen molar-refractivity contribution in [1.29, 1.82) is 0 Å². The summed E-state index contributed by atoms with van der Waals surface area (Å²) in [4.78, 5) is 12.4. The lowest BCUT2D eigenvalue weighted by Crippen LogP contribution is -2.48. The lowest BCUT2D eigenvalue weighted by atomic mass is 9.80. The predicted octanol–water partition coefficient (Wildman–Crippen LogP) is 2.43. The van der Waals surface area contributed by atoms with Gasteiger partial charge in [0, 0.05) is 37.8 Å². The first-order valence-electron chi connectivity index (χ1n) is 7.33. The number of aromatic hydroxyl groups is 1. The quantitative estimate of drug-likeness (QED) is 0.662. The zero-order valence-electron chi connectivity index (χ0n) is 13.1. The van der Waals surface area contributed by atoms with Crippen LogP contribution >= 0.6 is 0 Å². The number of nitro groups is 1. The van der Waals surface area contributed by atoms with Crippen molar-refractivity contribution in [2.24, 2.45) is 5.41 Å². The number of piperazine rings is 1. The molecule has 2 rings (SSSR count). The molecule has 1 atom stereocenters. The van der Waals surface area contributed by atoms with Crippen LogP contribution in [0.2, 0.25) is 0 Å². The van der Waals surface area contributed by atoms with Gasteiger partial charge in [-0.05, 0) is 11.5 Å². The summed E-state index contributed by atoms with van der Waals surface area (Å²) < 4.78 is 13.8. The molecule has 7 heteroatoms. The molecule has 0 radical (unpaired) electrons. The molecule has 1 fully saturated rings. The Morgan fingerprint density at radius 2 is 1.95 bits per heavy atom. The summed E-state index contributed by atoms with van der Waals surface area (Å²) in [5.74, 6) is -1.14. The van der Waals surface area contributed by atoms with Crippen molar-refractivity contribution in [2.45, 2.75) is 26.8 Å². The largest absolute Gasteiger partial charge is 0.502 e. The molecule has 0 saturated carbocycles. The van der Waals surface area contributed by atoms with Gasteiger partial charge in [-0.25, -0.2) is 4.39 Å². The van der Waals surface area contributed by atoms with Gasteiger partial charge in [0.05, 0.1) is 11.0 Å². The van der Waals surface area contributed by atoms with Gasteiger partial charge in [0.25, 0.3) is 0 Å². The van der Waals surface area contributed by atoms with E-state index in [0.717, 1.165) is 32.2 Å². The van der Waals surface area contributed by atoms with Crippen molar-refractivity contribution in [3.8, 4) is 5.75 Å². The lowest BCUT2D eigenvalue weighted by Gasteiger charge is -2.42. The molecule has 1 aromatic rings. The highest BCUT2D eigenvalue weighted by molar-refractivity contribution is 5.52. The Bertz CT molecular complexity index is 566. The number of hydrogen-bond donors (Lipinski definition) is 2. The number of phenols is 1. The van der Waals surface area contributed by atoms with E-state index in [1.807, 2.05) is 20.8 Å². The van der Waals surface area contributed by atoms with Gasteiger partial charge in [0.1, 0.15) is 5.82 Å². The number of hydrogen-bond acceptors (Lipinski definition) is 5. The van der Waals surface area contributed by atoms with E-state index in [4.69, 9.17) is 0 Å². The average Bonchev–Trinajstić information content (AvgIpc) is 2.42. The van der Waals surface area contributed by atoms with E-state index in [1.54, 1.807) is 0 Å². The van der Waals surface area contributed by atoms with Crippen molar-refractivity contribution >= 4 is 5.69 Å². The summed E-state index contributed by atoms with van der Waals surface area (Å²) in [6.07, 6.45) is 0. The summed E-state index contributed by atoms with van der Waals surface area (Å²) >= 11 is 0. The second-order valence-corrected chi connectivity index (χ2v) is 6.67. The Balaban J connectivity index is 2.54. The molecule has 0 aromatic heterocycles. The highest BCUT2D eigenvalue weighted by Crippen LogP contribution is 2.44. The Hall–Kier alpha value is -1.73. The lowest BCUT2D eigenvalue weighted by molar-refractivity contribution is -0.386. The number of nitrogens with zero attached hydrogens (tertiary/aromatic N) is 2. The fourth-order valence-corrected chi connectivity index (χ4v) is 3.10. The molecule has 22 heavy (non-hydrogen) atoms. The van der Waals surface area contributed by atoms with E-state index in [9.17, 15) is 19.6 Å². The molecule has 122 valence electrons. The predicted molar refractivity (Wildman–Crippen MR) is 81.4 cm³/mol. The minimum atomic E-state index is -0.751. The summed E-state index contributed by atoms with van der Waals surface area (Å²) in [7, 11) is 0. The second-order valence-electron chi connectivity index (χ2n) is 6.67. The molecule has 0 unspecified atom stereocenters. The van der Waals surface area contributed by atoms with Gasteiger partial charge in [-0.2, -0.15) is 0 Å². The summed E-state index contributed by atoms with van der Waals surface area (Å²) in [5, 5.41) is 24.6. The van der Waals surface area contributed by atoms with Crippen LogP contribution in [0.15, 0.2) is 12.1 Å². The second kappa shape index (κ2) is 6.18. The summed E-state index contributed by atoms with van der Waals surface area (Å²) in [6, 6.07) is 1.67.